The van der Waals surface area contributed by atoms with E-state index >= 15 is 0 Å². The van der Waals surface area contributed by atoms with E-state index in [1.807, 2.05) is 77.1 Å². The molecule has 180 valence electrons. The molecule has 2 aromatic rings. The summed E-state index contributed by atoms with van der Waals surface area (Å²) in [7, 11) is 0. The van der Waals surface area contributed by atoms with Crippen molar-refractivity contribution >= 4 is 6.09 Å². The molecule has 1 aromatic carbocycles. The van der Waals surface area contributed by atoms with Gasteiger partial charge in [0.15, 0.2) is 0 Å². The Balaban J connectivity index is 1.72. The number of ether oxygens (including phenoxy) is 3. The summed E-state index contributed by atoms with van der Waals surface area (Å²) < 4.78 is 17.6. The van der Waals surface area contributed by atoms with Crippen LogP contribution in [0.3, 0.4) is 0 Å². The number of aliphatic hydroxyl groups excluding tert-OH is 1. The summed E-state index contributed by atoms with van der Waals surface area (Å²) >= 11 is 0. The van der Waals surface area contributed by atoms with Crippen LogP contribution in [0.4, 0.5) is 4.79 Å². The summed E-state index contributed by atoms with van der Waals surface area (Å²) in [4.78, 5) is 19.0. The minimum absolute atomic E-state index is 0.371. The van der Waals surface area contributed by atoms with Crippen molar-refractivity contribution in [1.82, 2.24) is 9.88 Å². The molecule has 1 amide bonds. The summed E-state index contributed by atoms with van der Waals surface area (Å²) in [6.45, 7) is 9.64. The molecular formula is C26H36N2O5. The highest BCUT2D eigenvalue weighted by Crippen LogP contribution is 2.37. The van der Waals surface area contributed by atoms with Crippen LogP contribution in [0.1, 0.15) is 53.0 Å². The van der Waals surface area contributed by atoms with Gasteiger partial charge in [0, 0.05) is 12.3 Å². The second-order valence-corrected chi connectivity index (χ2v) is 9.86. The lowest BCUT2D eigenvalue weighted by Gasteiger charge is -2.35. The average Bonchev–Trinajstić information content (AvgIpc) is 3.01. The van der Waals surface area contributed by atoms with Crippen LogP contribution in [0.15, 0.2) is 54.7 Å². The summed E-state index contributed by atoms with van der Waals surface area (Å²) in [6.07, 6.45) is 1.57. The van der Waals surface area contributed by atoms with Gasteiger partial charge in [-0.05, 0) is 65.5 Å². The van der Waals surface area contributed by atoms with Gasteiger partial charge in [-0.3, -0.25) is 4.90 Å². The summed E-state index contributed by atoms with van der Waals surface area (Å²) in [5.41, 5.74) is -0.491. The average molecular weight is 457 g/mol. The maximum absolute atomic E-state index is 13.2. The smallest absolute Gasteiger partial charge is 0.412 e. The van der Waals surface area contributed by atoms with Crippen LogP contribution in [-0.2, 0) is 15.9 Å². The quantitative estimate of drug-likeness (QED) is 0.586. The summed E-state index contributed by atoms with van der Waals surface area (Å²) in [5.74, 6) is 0.559. The zero-order chi connectivity index (χ0) is 24.1. The molecule has 7 nitrogen and oxygen atoms in total. The molecule has 0 saturated carbocycles. The molecule has 0 spiro atoms. The van der Waals surface area contributed by atoms with E-state index in [4.69, 9.17) is 14.2 Å². The molecule has 0 aliphatic carbocycles. The van der Waals surface area contributed by atoms with Gasteiger partial charge < -0.3 is 19.3 Å². The van der Waals surface area contributed by atoms with E-state index in [-0.39, 0.29) is 6.04 Å². The Morgan fingerprint density at radius 3 is 2.52 bits per heavy atom. The minimum atomic E-state index is -0.919. The highest BCUT2D eigenvalue weighted by atomic mass is 16.6. The summed E-state index contributed by atoms with van der Waals surface area (Å²) in [6, 6.07) is 15.0. The van der Waals surface area contributed by atoms with Gasteiger partial charge in [-0.25, -0.2) is 9.78 Å². The summed E-state index contributed by atoms with van der Waals surface area (Å²) in [5, 5.41) is 11.1. The van der Waals surface area contributed by atoms with Gasteiger partial charge in [-0.2, -0.15) is 0 Å². The molecule has 1 fully saturated rings. The van der Waals surface area contributed by atoms with Crippen LogP contribution in [0.25, 0.3) is 0 Å². The number of hydrogen-bond acceptors (Lipinski definition) is 6. The van der Waals surface area contributed by atoms with Gasteiger partial charge >= 0.3 is 6.09 Å². The number of nitrogens with zero attached hydrogens (tertiary/aromatic N) is 2. The molecule has 1 aromatic heterocycles. The highest BCUT2D eigenvalue weighted by molar-refractivity contribution is 5.70. The zero-order valence-corrected chi connectivity index (χ0v) is 20.2. The first-order valence-corrected chi connectivity index (χ1v) is 11.5. The van der Waals surface area contributed by atoms with Gasteiger partial charge in [-0.15, -0.1) is 0 Å². The normalized spacial score (nSPS) is 21.0. The lowest BCUT2D eigenvalue weighted by Crippen LogP contribution is -2.51. The van der Waals surface area contributed by atoms with Crippen molar-refractivity contribution in [2.45, 2.75) is 83.5 Å². The third-order valence-corrected chi connectivity index (χ3v) is 5.50. The van der Waals surface area contributed by atoms with Crippen LogP contribution in [0.5, 0.6) is 5.88 Å². The van der Waals surface area contributed by atoms with Crippen molar-refractivity contribution in [3.63, 3.8) is 0 Å². The topological polar surface area (TPSA) is 81.1 Å². The Morgan fingerprint density at radius 1 is 1.18 bits per heavy atom. The Bertz CT molecular complexity index is 883. The Labute approximate surface area is 196 Å². The molecule has 2 heterocycles. The second-order valence-electron chi connectivity index (χ2n) is 9.86. The molecule has 1 saturated heterocycles. The molecule has 3 rings (SSSR count). The number of rotatable bonds is 8. The monoisotopic (exact) mass is 456 g/mol. The van der Waals surface area contributed by atoms with Crippen molar-refractivity contribution in [3.8, 4) is 5.88 Å². The predicted molar refractivity (Wildman–Crippen MR) is 126 cm³/mol. The van der Waals surface area contributed by atoms with Crippen molar-refractivity contribution < 1.29 is 24.1 Å². The van der Waals surface area contributed by atoms with Crippen LogP contribution in [-0.4, -0.2) is 57.3 Å². The molecule has 2 unspecified atom stereocenters. The first-order chi connectivity index (χ1) is 15.6. The molecule has 1 N–H and O–H groups in total. The van der Waals surface area contributed by atoms with Gasteiger partial charge in [-0.1, -0.05) is 36.4 Å². The van der Waals surface area contributed by atoms with E-state index in [9.17, 15) is 9.90 Å². The number of carbonyl (C=O) groups excluding carboxylic acids is 1. The maximum Gasteiger partial charge on any atom is 0.412 e. The van der Waals surface area contributed by atoms with E-state index in [2.05, 4.69) is 4.98 Å². The number of aromatic nitrogens is 1. The first-order valence-electron chi connectivity index (χ1n) is 11.5. The van der Waals surface area contributed by atoms with Crippen molar-refractivity contribution in [2.24, 2.45) is 0 Å². The fourth-order valence-electron chi connectivity index (χ4n) is 4.14. The third-order valence-electron chi connectivity index (χ3n) is 5.50. The van der Waals surface area contributed by atoms with E-state index in [0.29, 0.717) is 31.7 Å². The molecule has 0 bridgehead atoms. The van der Waals surface area contributed by atoms with Crippen molar-refractivity contribution in [2.75, 3.05) is 6.61 Å². The lowest BCUT2D eigenvalue weighted by molar-refractivity contribution is -0.104. The van der Waals surface area contributed by atoms with Gasteiger partial charge in [0.25, 0.3) is 0 Å². The van der Waals surface area contributed by atoms with E-state index in [1.165, 1.54) is 0 Å². The van der Waals surface area contributed by atoms with Crippen molar-refractivity contribution in [3.05, 3.63) is 60.3 Å². The number of hydrogen-bond donors (Lipinski definition) is 1. The largest absolute Gasteiger partial charge is 0.478 e. The standard InChI is InChI=1S/C26H36N2O5/c1-25(2,3)33-24(30)28-20(18-19-12-7-6-8-13-19)23(32-26(28,4)5)21(29)14-11-17-31-22-15-9-10-16-27-22/h6-10,12-13,15-16,20-21,23,29H,11,14,17-18H2,1-5H3/t20-,21?,23?/m0/s1. The predicted octanol–water partition coefficient (Wildman–Crippen LogP) is 4.58. The van der Waals surface area contributed by atoms with Gasteiger partial charge in [0.1, 0.15) is 17.4 Å². The van der Waals surface area contributed by atoms with E-state index < -0.39 is 29.6 Å². The SMILES string of the molecule is CC(C)(C)OC(=O)N1[C@@H](Cc2ccccc2)C(C(O)CCCOc2ccccn2)OC1(C)C. The van der Waals surface area contributed by atoms with E-state index in [0.717, 1.165) is 5.56 Å². The Morgan fingerprint density at radius 2 is 1.88 bits per heavy atom. The number of pyridine rings is 1. The van der Waals surface area contributed by atoms with E-state index in [1.54, 1.807) is 17.2 Å². The number of benzene rings is 1. The van der Waals surface area contributed by atoms with Gasteiger partial charge in [0.05, 0.1) is 18.8 Å². The van der Waals surface area contributed by atoms with Crippen molar-refractivity contribution in [1.29, 1.82) is 0 Å². The maximum atomic E-state index is 13.2. The molecule has 0 radical (unpaired) electrons. The zero-order valence-electron chi connectivity index (χ0n) is 20.2. The van der Waals surface area contributed by atoms with Crippen LogP contribution in [0, 0.1) is 0 Å². The fourth-order valence-corrected chi connectivity index (χ4v) is 4.14. The molecule has 1 aliphatic heterocycles. The van der Waals surface area contributed by atoms with Crippen LogP contribution in [0.2, 0.25) is 0 Å². The Kier molecular flexibility index (Phi) is 7.97. The van der Waals surface area contributed by atoms with Crippen LogP contribution >= 0.6 is 0 Å². The second kappa shape index (κ2) is 10.5. The lowest BCUT2D eigenvalue weighted by atomic mass is 9.95. The fraction of sp³-hybridized carbons (Fsp3) is 0.538. The number of carbonyl (C=O) groups is 1. The molecule has 1 aliphatic rings. The highest BCUT2D eigenvalue weighted by Gasteiger charge is 2.53. The van der Waals surface area contributed by atoms with Crippen LogP contribution < -0.4 is 4.74 Å². The first kappa shape index (κ1) is 25.0. The number of amides is 1. The Hall–Kier alpha value is -2.64. The molecule has 7 heteroatoms. The minimum Gasteiger partial charge on any atom is -0.478 e. The molecule has 33 heavy (non-hydrogen) atoms. The number of aliphatic hydroxyl groups is 1. The third kappa shape index (κ3) is 6.92. The molecule has 3 atom stereocenters. The van der Waals surface area contributed by atoms with Gasteiger partial charge in [0.2, 0.25) is 5.88 Å². The molecular weight excluding hydrogens is 420 g/mol.